The van der Waals surface area contributed by atoms with Crippen molar-refractivity contribution in [1.82, 2.24) is 0 Å². The molecular formula is C12H24O2. The average Bonchev–Trinajstić information content (AvgIpc) is 1.98. The van der Waals surface area contributed by atoms with Crippen molar-refractivity contribution < 1.29 is 9.53 Å². The van der Waals surface area contributed by atoms with Gasteiger partial charge in [-0.3, -0.25) is 4.79 Å². The zero-order valence-corrected chi connectivity index (χ0v) is 10.4. The molecule has 0 aromatic heterocycles. The molecule has 1 unspecified atom stereocenters. The maximum Gasteiger partial charge on any atom is 0.308 e. The molecule has 0 aliphatic carbocycles. The summed E-state index contributed by atoms with van der Waals surface area (Å²) in [6, 6.07) is 0. The van der Waals surface area contributed by atoms with Gasteiger partial charge in [-0.2, -0.15) is 0 Å². The number of esters is 1. The predicted octanol–water partition coefficient (Wildman–Crippen LogP) is 3.26. The summed E-state index contributed by atoms with van der Waals surface area (Å²) in [4.78, 5) is 11.5. The van der Waals surface area contributed by atoms with Crippen LogP contribution in [0.3, 0.4) is 0 Å². The van der Waals surface area contributed by atoms with E-state index in [0.717, 1.165) is 12.8 Å². The lowest BCUT2D eigenvalue weighted by Gasteiger charge is -2.25. The Morgan fingerprint density at radius 2 is 1.79 bits per heavy atom. The van der Waals surface area contributed by atoms with Gasteiger partial charge in [0.1, 0.15) is 0 Å². The Kier molecular flexibility index (Phi) is 5.17. The summed E-state index contributed by atoms with van der Waals surface area (Å²) in [5.74, 6) is 0.537. The number of ether oxygens (including phenoxy) is 1. The quantitative estimate of drug-likeness (QED) is 0.651. The number of hydrogen-bond acceptors (Lipinski definition) is 2. The van der Waals surface area contributed by atoms with Gasteiger partial charge < -0.3 is 4.74 Å². The van der Waals surface area contributed by atoms with E-state index in [2.05, 4.69) is 34.6 Å². The van der Waals surface area contributed by atoms with E-state index in [9.17, 15) is 4.79 Å². The molecule has 0 N–H and O–H groups in total. The van der Waals surface area contributed by atoms with Crippen molar-refractivity contribution in [2.75, 3.05) is 7.11 Å². The largest absolute Gasteiger partial charge is 0.469 e. The molecule has 0 radical (unpaired) electrons. The van der Waals surface area contributed by atoms with Crippen molar-refractivity contribution in [2.24, 2.45) is 17.3 Å². The third-order valence-electron chi connectivity index (χ3n) is 2.15. The van der Waals surface area contributed by atoms with E-state index in [1.54, 1.807) is 0 Å². The Bertz CT molecular complexity index is 177. The Morgan fingerprint density at radius 1 is 1.29 bits per heavy atom. The summed E-state index contributed by atoms with van der Waals surface area (Å²) in [5.41, 5.74) is 0.188. The van der Waals surface area contributed by atoms with E-state index in [0.29, 0.717) is 5.92 Å². The van der Waals surface area contributed by atoms with Crippen molar-refractivity contribution in [2.45, 2.75) is 47.5 Å². The number of methoxy groups -OCH3 is 1. The van der Waals surface area contributed by atoms with E-state index in [1.807, 2.05) is 0 Å². The van der Waals surface area contributed by atoms with Gasteiger partial charge in [-0.05, 0) is 24.2 Å². The van der Waals surface area contributed by atoms with Gasteiger partial charge in [0.15, 0.2) is 0 Å². The number of hydrogen-bond donors (Lipinski definition) is 0. The van der Waals surface area contributed by atoms with Crippen molar-refractivity contribution >= 4 is 5.97 Å². The first-order valence-corrected chi connectivity index (χ1v) is 5.34. The topological polar surface area (TPSA) is 26.3 Å². The molecule has 0 bridgehead atoms. The average molecular weight is 200 g/mol. The van der Waals surface area contributed by atoms with Crippen LogP contribution in [-0.2, 0) is 9.53 Å². The maximum atomic E-state index is 11.5. The zero-order chi connectivity index (χ0) is 11.4. The van der Waals surface area contributed by atoms with Crippen LogP contribution in [0.4, 0.5) is 0 Å². The van der Waals surface area contributed by atoms with Gasteiger partial charge in [0.2, 0.25) is 0 Å². The summed E-state index contributed by atoms with van der Waals surface area (Å²) in [6.45, 7) is 10.7. The molecule has 0 spiro atoms. The van der Waals surface area contributed by atoms with Gasteiger partial charge in [0.05, 0.1) is 13.0 Å². The fraction of sp³-hybridized carbons (Fsp3) is 0.917. The summed E-state index contributed by atoms with van der Waals surface area (Å²) in [6.07, 6.45) is 1.82. The first kappa shape index (κ1) is 13.5. The maximum absolute atomic E-state index is 11.5. The first-order chi connectivity index (χ1) is 6.26. The van der Waals surface area contributed by atoms with Gasteiger partial charge in [-0.25, -0.2) is 0 Å². The molecular weight excluding hydrogens is 176 g/mol. The van der Waals surface area contributed by atoms with Crippen LogP contribution >= 0.6 is 0 Å². The lowest BCUT2D eigenvalue weighted by Crippen LogP contribution is -2.23. The van der Waals surface area contributed by atoms with Crippen molar-refractivity contribution in [3.8, 4) is 0 Å². The molecule has 0 aliphatic heterocycles. The van der Waals surface area contributed by atoms with Gasteiger partial charge in [-0.15, -0.1) is 0 Å². The Morgan fingerprint density at radius 3 is 2.07 bits per heavy atom. The predicted molar refractivity (Wildman–Crippen MR) is 59.0 cm³/mol. The summed E-state index contributed by atoms with van der Waals surface area (Å²) in [7, 11) is 1.47. The summed E-state index contributed by atoms with van der Waals surface area (Å²) in [5, 5.41) is 0. The zero-order valence-electron chi connectivity index (χ0n) is 10.4. The highest BCUT2D eigenvalue weighted by atomic mass is 16.5. The van der Waals surface area contributed by atoms with Gasteiger partial charge >= 0.3 is 5.97 Å². The highest BCUT2D eigenvalue weighted by Gasteiger charge is 2.26. The SMILES string of the molecule is COC(=O)C(CC(C)C)CC(C)(C)C. The van der Waals surface area contributed by atoms with Gasteiger partial charge in [-0.1, -0.05) is 34.6 Å². The second-order valence-electron chi connectivity index (χ2n) is 5.61. The third-order valence-corrected chi connectivity index (χ3v) is 2.15. The molecule has 1 atom stereocenters. The van der Waals surface area contributed by atoms with E-state index >= 15 is 0 Å². The molecule has 0 rings (SSSR count). The fourth-order valence-corrected chi connectivity index (χ4v) is 1.74. The van der Waals surface area contributed by atoms with Crippen molar-refractivity contribution in [3.05, 3.63) is 0 Å². The van der Waals surface area contributed by atoms with Crippen LogP contribution in [0.25, 0.3) is 0 Å². The van der Waals surface area contributed by atoms with E-state index < -0.39 is 0 Å². The second kappa shape index (κ2) is 5.38. The smallest absolute Gasteiger partial charge is 0.308 e. The Balaban J connectivity index is 4.33. The third kappa shape index (κ3) is 6.01. The fourth-order valence-electron chi connectivity index (χ4n) is 1.74. The minimum Gasteiger partial charge on any atom is -0.469 e. The monoisotopic (exact) mass is 200 g/mol. The van der Waals surface area contributed by atoms with E-state index in [1.165, 1.54) is 7.11 Å². The molecule has 0 saturated heterocycles. The van der Waals surface area contributed by atoms with Crippen LogP contribution in [0.1, 0.15) is 47.5 Å². The number of rotatable bonds is 4. The van der Waals surface area contributed by atoms with Gasteiger partial charge in [0, 0.05) is 0 Å². The molecule has 0 fully saturated rings. The number of carbonyl (C=O) groups excluding carboxylic acids is 1. The van der Waals surface area contributed by atoms with Crippen LogP contribution < -0.4 is 0 Å². The molecule has 0 aromatic carbocycles. The lowest BCUT2D eigenvalue weighted by atomic mass is 9.81. The molecule has 2 nitrogen and oxygen atoms in total. The van der Waals surface area contributed by atoms with Crippen LogP contribution in [0.15, 0.2) is 0 Å². The normalized spacial score (nSPS) is 14.2. The Hall–Kier alpha value is -0.530. The van der Waals surface area contributed by atoms with Crippen LogP contribution in [0, 0.1) is 17.3 Å². The standard InChI is InChI=1S/C12H24O2/c1-9(2)7-10(11(13)14-6)8-12(3,4)5/h9-10H,7-8H2,1-6H3. The molecule has 0 saturated carbocycles. The molecule has 14 heavy (non-hydrogen) atoms. The molecule has 0 aliphatic rings. The first-order valence-electron chi connectivity index (χ1n) is 5.34. The van der Waals surface area contributed by atoms with Crippen molar-refractivity contribution in [3.63, 3.8) is 0 Å². The molecule has 0 amide bonds. The van der Waals surface area contributed by atoms with Gasteiger partial charge in [0.25, 0.3) is 0 Å². The highest BCUT2D eigenvalue weighted by Crippen LogP contribution is 2.29. The highest BCUT2D eigenvalue weighted by molar-refractivity contribution is 5.72. The second-order valence-corrected chi connectivity index (χ2v) is 5.61. The molecule has 0 aromatic rings. The lowest BCUT2D eigenvalue weighted by molar-refractivity contribution is -0.147. The van der Waals surface area contributed by atoms with Crippen LogP contribution in [-0.4, -0.2) is 13.1 Å². The molecule has 84 valence electrons. The minimum absolute atomic E-state index is 0.0556. The van der Waals surface area contributed by atoms with Crippen LogP contribution in [0.2, 0.25) is 0 Å². The molecule has 0 heterocycles. The van der Waals surface area contributed by atoms with E-state index in [-0.39, 0.29) is 17.3 Å². The minimum atomic E-state index is -0.0615. The molecule has 2 heteroatoms. The summed E-state index contributed by atoms with van der Waals surface area (Å²) >= 11 is 0. The Labute approximate surface area is 88.0 Å². The van der Waals surface area contributed by atoms with E-state index in [4.69, 9.17) is 4.74 Å². The van der Waals surface area contributed by atoms with Crippen molar-refractivity contribution in [1.29, 1.82) is 0 Å². The number of carbonyl (C=O) groups is 1. The van der Waals surface area contributed by atoms with Crippen LogP contribution in [0.5, 0.6) is 0 Å². The summed E-state index contributed by atoms with van der Waals surface area (Å²) < 4.78 is 4.82.